The molecule has 0 saturated heterocycles. The summed E-state index contributed by atoms with van der Waals surface area (Å²) < 4.78 is 12.5. The van der Waals surface area contributed by atoms with Gasteiger partial charge in [-0.1, -0.05) is 22.9 Å². The molecule has 0 amide bonds. The van der Waals surface area contributed by atoms with Gasteiger partial charge in [-0.2, -0.15) is 0 Å². The first-order valence-electron chi connectivity index (χ1n) is 3.88. The van der Waals surface area contributed by atoms with Gasteiger partial charge >= 0.3 is 0 Å². The van der Waals surface area contributed by atoms with Gasteiger partial charge in [0.2, 0.25) is 0 Å². The molecule has 0 aromatic heterocycles. The first-order valence-corrected chi connectivity index (χ1v) is 5.99. The highest BCUT2D eigenvalue weighted by atomic mass is 79.9. The zero-order valence-corrected chi connectivity index (χ0v) is 9.73. The van der Waals surface area contributed by atoms with Crippen LogP contribution in [-0.2, 0) is 10.8 Å². The van der Waals surface area contributed by atoms with Crippen LogP contribution in [0.25, 0.3) is 0 Å². The lowest BCUT2D eigenvalue weighted by molar-refractivity contribution is 0.682. The molecule has 0 aliphatic heterocycles. The van der Waals surface area contributed by atoms with E-state index in [9.17, 15) is 4.21 Å². The summed E-state index contributed by atoms with van der Waals surface area (Å²) in [4.78, 5) is 0.917. The van der Waals surface area contributed by atoms with Crippen LogP contribution in [0.1, 0.15) is 13.3 Å². The SMILES string of the molecule is CCCS(=O)c1ccc(Br)cc1.F. The average Bonchev–Trinajstić information content (AvgIpc) is 2.06. The number of benzene rings is 1. The van der Waals surface area contributed by atoms with Gasteiger partial charge in [0.05, 0.1) is 10.8 Å². The fraction of sp³-hybridized carbons (Fsp3) is 0.333. The molecule has 0 aliphatic carbocycles. The Labute approximate surface area is 88.5 Å². The van der Waals surface area contributed by atoms with Crippen molar-refractivity contribution >= 4 is 26.7 Å². The molecule has 1 nitrogen and oxygen atoms in total. The van der Waals surface area contributed by atoms with Crippen molar-refractivity contribution in [3.8, 4) is 0 Å². The van der Waals surface area contributed by atoms with E-state index in [-0.39, 0.29) is 4.70 Å². The van der Waals surface area contributed by atoms with E-state index in [0.717, 1.165) is 21.5 Å². The standard InChI is InChI=1S/C9H11BrOS.FH/c1-2-7-12(11)9-5-3-8(10)4-6-9;/h3-6H,2,7H2,1H3;1H. The van der Waals surface area contributed by atoms with Crippen molar-refractivity contribution in [1.82, 2.24) is 0 Å². The largest absolute Gasteiger partial charge is 0.269 e. The molecular weight excluding hydrogens is 255 g/mol. The predicted molar refractivity (Wildman–Crippen MR) is 58.2 cm³/mol. The van der Waals surface area contributed by atoms with Crippen LogP contribution in [0.3, 0.4) is 0 Å². The Kier molecular flexibility index (Phi) is 6.16. The van der Waals surface area contributed by atoms with Gasteiger partial charge < -0.3 is 0 Å². The normalized spacial score (nSPS) is 11.8. The molecule has 1 rings (SSSR count). The molecule has 0 radical (unpaired) electrons. The van der Waals surface area contributed by atoms with Gasteiger partial charge in [-0.05, 0) is 30.7 Å². The molecule has 0 heterocycles. The van der Waals surface area contributed by atoms with Gasteiger partial charge in [0, 0.05) is 15.1 Å². The lowest BCUT2D eigenvalue weighted by Crippen LogP contribution is -1.95. The second-order valence-electron chi connectivity index (χ2n) is 2.50. The molecule has 1 aromatic rings. The molecule has 1 unspecified atom stereocenters. The van der Waals surface area contributed by atoms with Crippen LogP contribution in [0.4, 0.5) is 4.70 Å². The van der Waals surface area contributed by atoms with Gasteiger partial charge in [0.1, 0.15) is 0 Å². The Morgan fingerprint density at radius 2 is 1.85 bits per heavy atom. The molecule has 0 bridgehead atoms. The highest BCUT2D eigenvalue weighted by Crippen LogP contribution is 2.13. The monoisotopic (exact) mass is 266 g/mol. The van der Waals surface area contributed by atoms with Crippen LogP contribution >= 0.6 is 15.9 Å². The Morgan fingerprint density at radius 1 is 1.31 bits per heavy atom. The lowest BCUT2D eigenvalue weighted by Gasteiger charge is -1.99. The molecule has 0 aliphatic rings. The Hall–Kier alpha value is -0.220. The van der Waals surface area contributed by atoms with Crippen LogP contribution in [-0.4, -0.2) is 9.96 Å². The minimum Gasteiger partial charge on any atom is -0.269 e. The van der Waals surface area contributed by atoms with E-state index < -0.39 is 10.8 Å². The number of rotatable bonds is 3. The van der Waals surface area contributed by atoms with Gasteiger partial charge in [-0.3, -0.25) is 8.91 Å². The molecular formula is C9H12BrFOS. The average molecular weight is 267 g/mol. The second-order valence-corrected chi connectivity index (χ2v) is 4.99. The van der Waals surface area contributed by atoms with Gasteiger partial charge in [-0.25, -0.2) is 0 Å². The van der Waals surface area contributed by atoms with E-state index in [1.54, 1.807) is 0 Å². The first kappa shape index (κ1) is 12.8. The van der Waals surface area contributed by atoms with Crippen molar-refractivity contribution < 1.29 is 8.91 Å². The van der Waals surface area contributed by atoms with E-state index in [0.29, 0.717) is 0 Å². The van der Waals surface area contributed by atoms with E-state index in [1.807, 2.05) is 31.2 Å². The van der Waals surface area contributed by atoms with Gasteiger partial charge in [-0.15, -0.1) is 0 Å². The minimum atomic E-state index is -0.813. The van der Waals surface area contributed by atoms with Crippen LogP contribution < -0.4 is 0 Å². The summed E-state index contributed by atoms with van der Waals surface area (Å²) in [5, 5.41) is 0. The molecule has 0 saturated carbocycles. The fourth-order valence-corrected chi connectivity index (χ4v) is 2.20. The topological polar surface area (TPSA) is 17.1 Å². The minimum absolute atomic E-state index is 0. The zero-order chi connectivity index (χ0) is 8.97. The Balaban J connectivity index is 0.00000144. The number of halogens is 2. The van der Waals surface area contributed by atoms with Gasteiger partial charge in [0.15, 0.2) is 0 Å². The molecule has 0 N–H and O–H groups in total. The number of hydrogen-bond acceptors (Lipinski definition) is 1. The summed E-state index contributed by atoms with van der Waals surface area (Å²) in [5.74, 6) is 0.752. The summed E-state index contributed by atoms with van der Waals surface area (Å²) in [5.41, 5.74) is 0. The highest BCUT2D eigenvalue weighted by Gasteiger charge is 2.00. The van der Waals surface area contributed by atoms with Crippen molar-refractivity contribution in [2.24, 2.45) is 0 Å². The second kappa shape index (κ2) is 6.27. The summed E-state index contributed by atoms with van der Waals surface area (Å²) in [7, 11) is -0.813. The maximum atomic E-state index is 11.5. The molecule has 1 atom stereocenters. The third kappa shape index (κ3) is 4.00. The molecule has 4 heteroatoms. The zero-order valence-electron chi connectivity index (χ0n) is 7.33. The van der Waals surface area contributed by atoms with Crippen molar-refractivity contribution in [3.63, 3.8) is 0 Å². The predicted octanol–water partition coefficient (Wildman–Crippen LogP) is 3.12. The summed E-state index contributed by atoms with van der Waals surface area (Å²) in [6.07, 6.45) is 0.961. The third-order valence-corrected chi connectivity index (χ3v) is 3.57. The van der Waals surface area contributed by atoms with Crippen molar-refractivity contribution in [1.29, 1.82) is 0 Å². The smallest absolute Gasteiger partial charge is 0.0529 e. The summed E-state index contributed by atoms with van der Waals surface area (Å²) in [6, 6.07) is 7.64. The summed E-state index contributed by atoms with van der Waals surface area (Å²) >= 11 is 3.33. The molecule has 74 valence electrons. The van der Waals surface area contributed by atoms with Crippen molar-refractivity contribution in [3.05, 3.63) is 28.7 Å². The van der Waals surface area contributed by atoms with Crippen LogP contribution in [0.2, 0.25) is 0 Å². The fourth-order valence-electron chi connectivity index (χ4n) is 0.890. The molecule has 0 spiro atoms. The van der Waals surface area contributed by atoms with Crippen molar-refractivity contribution in [2.45, 2.75) is 18.2 Å². The van der Waals surface area contributed by atoms with Crippen LogP contribution in [0.15, 0.2) is 33.6 Å². The maximum absolute atomic E-state index is 11.5. The van der Waals surface area contributed by atoms with Crippen molar-refractivity contribution in [2.75, 3.05) is 5.75 Å². The number of hydrogen-bond donors (Lipinski definition) is 0. The highest BCUT2D eigenvalue weighted by molar-refractivity contribution is 9.10. The molecule has 13 heavy (non-hydrogen) atoms. The lowest BCUT2D eigenvalue weighted by atomic mass is 10.4. The Morgan fingerprint density at radius 3 is 2.31 bits per heavy atom. The first-order chi connectivity index (χ1) is 5.74. The summed E-state index contributed by atoms with van der Waals surface area (Å²) in [6.45, 7) is 2.04. The maximum Gasteiger partial charge on any atom is 0.0529 e. The van der Waals surface area contributed by atoms with E-state index in [2.05, 4.69) is 15.9 Å². The Bertz CT molecular complexity index is 273. The van der Waals surface area contributed by atoms with Crippen LogP contribution in [0, 0.1) is 0 Å². The van der Waals surface area contributed by atoms with E-state index in [1.165, 1.54) is 0 Å². The van der Waals surface area contributed by atoms with E-state index in [4.69, 9.17) is 0 Å². The van der Waals surface area contributed by atoms with Gasteiger partial charge in [0.25, 0.3) is 0 Å². The molecule has 0 fully saturated rings. The molecule has 1 aromatic carbocycles. The van der Waals surface area contributed by atoms with Crippen LogP contribution in [0.5, 0.6) is 0 Å². The quantitative estimate of drug-likeness (QED) is 0.822. The third-order valence-electron chi connectivity index (χ3n) is 1.47. The van der Waals surface area contributed by atoms with E-state index >= 15 is 0 Å².